The van der Waals surface area contributed by atoms with Crippen LogP contribution >= 0.6 is 23.2 Å². The topological polar surface area (TPSA) is 88.8 Å². The molecule has 1 heterocycles. The van der Waals surface area contributed by atoms with Gasteiger partial charge in [-0.1, -0.05) is 35.3 Å². The maximum absolute atomic E-state index is 12.2. The van der Waals surface area contributed by atoms with Crippen LogP contribution in [0, 0.1) is 0 Å². The van der Waals surface area contributed by atoms with Gasteiger partial charge in [0.1, 0.15) is 5.75 Å². The minimum absolute atomic E-state index is 0.0467. The number of hydrogen-bond donors (Lipinski definition) is 2. The molecule has 0 aliphatic heterocycles. The molecule has 0 aliphatic carbocycles. The molecule has 4 aromatic rings. The van der Waals surface area contributed by atoms with Crippen LogP contribution in [-0.4, -0.2) is 26.7 Å². The van der Waals surface area contributed by atoms with E-state index in [1.807, 2.05) is 12.1 Å². The highest BCUT2D eigenvalue weighted by atomic mass is 35.5. The lowest BCUT2D eigenvalue weighted by atomic mass is 10.2. The predicted octanol–water partition coefficient (Wildman–Crippen LogP) is 6.19. The average molecular weight is 456 g/mol. The lowest BCUT2D eigenvalue weighted by molar-refractivity contribution is 0.0677. The van der Waals surface area contributed by atoms with Crippen LogP contribution < -0.4 is 4.74 Å². The van der Waals surface area contributed by atoms with Crippen LogP contribution in [-0.2, 0) is 6.54 Å². The van der Waals surface area contributed by atoms with Crippen LogP contribution in [0.25, 0.3) is 10.9 Å². The molecule has 0 unspecified atom stereocenters. The molecule has 0 radical (unpaired) electrons. The molecule has 0 fully saturated rings. The van der Waals surface area contributed by atoms with Gasteiger partial charge >= 0.3 is 11.9 Å². The van der Waals surface area contributed by atoms with Gasteiger partial charge in [0, 0.05) is 22.0 Å². The average Bonchev–Trinajstić information content (AvgIpc) is 3.02. The summed E-state index contributed by atoms with van der Waals surface area (Å²) in [6, 6.07) is 17.9. The third-order valence-corrected chi connectivity index (χ3v) is 5.24. The van der Waals surface area contributed by atoms with E-state index < -0.39 is 11.9 Å². The van der Waals surface area contributed by atoms with Gasteiger partial charge in [-0.05, 0) is 60.2 Å². The molecule has 0 atom stereocenters. The van der Waals surface area contributed by atoms with Crippen molar-refractivity contribution >= 4 is 46.0 Å². The number of carboxylic acid groups (broad SMARTS) is 2. The fourth-order valence-electron chi connectivity index (χ4n) is 3.33. The molecule has 8 heteroatoms. The summed E-state index contributed by atoms with van der Waals surface area (Å²) in [5, 5.41) is 20.6. The summed E-state index contributed by atoms with van der Waals surface area (Å²) in [6.07, 6.45) is 0. The molecule has 0 saturated carbocycles. The second-order valence-corrected chi connectivity index (χ2v) is 7.66. The molecule has 4 rings (SSSR count). The zero-order chi connectivity index (χ0) is 22.1. The molecule has 0 bridgehead atoms. The van der Waals surface area contributed by atoms with Gasteiger partial charge in [0.15, 0.2) is 11.4 Å². The van der Waals surface area contributed by atoms with Gasteiger partial charge in [0.2, 0.25) is 0 Å². The predicted molar refractivity (Wildman–Crippen MR) is 118 cm³/mol. The molecule has 0 aliphatic rings. The first-order valence-electron chi connectivity index (χ1n) is 9.14. The third-order valence-electron chi connectivity index (χ3n) is 4.76. The Morgan fingerprint density at radius 1 is 0.839 bits per heavy atom. The van der Waals surface area contributed by atoms with Gasteiger partial charge in [-0.3, -0.25) is 0 Å². The first-order valence-corrected chi connectivity index (χ1v) is 9.90. The summed E-state index contributed by atoms with van der Waals surface area (Å²) >= 11 is 12.1. The van der Waals surface area contributed by atoms with Gasteiger partial charge in [-0.2, -0.15) is 0 Å². The van der Waals surface area contributed by atoms with E-state index in [2.05, 4.69) is 0 Å². The standard InChI is InChI=1S/C23H15Cl2NO5/c24-15-5-1-13(2-6-15)12-26-19-10-7-16(25)11-18(19)21(20(26)23(29)30)31-17-8-3-14(4-9-17)22(27)28/h1-11H,12H2,(H,27,28)(H,29,30). The smallest absolute Gasteiger partial charge is 0.356 e. The monoisotopic (exact) mass is 455 g/mol. The van der Waals surface area contributed by atoms with E-state index >= 15 is 0 Å². The minimum atomic E-state index is -1.17. The Morgan fingerprint density at radius 3 is 2.10 bits per heavy atom. The Balaban J connectivity index is 1.86. The van der Waals surface area contributed by atoms with Crippen molar-refractivity contribution < 1.29 is 24.5 Å². The molecule has 0 spiro atoms. The Bertz CT molecular complexity index is 1290. The molecule has 0 saturated heterocycles. The number of nitrogens with zero attached hydrogens (tertiary/aromatic N) is 1. The Hall–Kier alpha value is -3.48. The van der Waals surface area contributed by atoms with Crippen molar-refractivity contribution in [2.75, 3.05) is 0 Å². The second-order valence-electron chi connectivity index (χ2n) is 6.79. The summed E-state index contributed by atoms with van der Waals surface area (Å²) in [7, 11) is 0. The van der Waals surface area contributed by atoms with E-state index in [0.29, 0.717) is 26.7 Å². The lowest BCUT2D eigenvalue weighted by Crippen LogP contribution is -2.10. The number of aromatic carboxylic acids is 2. The maximum Gasteiger partial charge on any atom is 0.356 e. The fourth-order valence-corrected chi connectivity index (χ4v) is 3.63. The summed E-state index contributed by atoms with van der Waals surface area (Å²) in [5.41, 5.74) is 1.54. The van der Waals surface area contributed by atoms with E-state index in [1.54, 1.807) is 34.9 Å². The Labute approximate surface area is 186 Å². The van der Waals surface area contributed by atoms with Crippen molar-refractivity contribution in [1.29, 1.82) is 0 Å². The van der Waals surface area contributed by atoms with Crippen LogP contribution in [0.5, 0.6) is 11.5 Å². The van der Waals surface area contributed by atoms with E-state index in [-0.39, 0.29) is 23.6 Å². The molecule has 3 aromatic carbocycles. The zero-order valence-corrected chi connectivity index (χ0v) is 17.4. The lowest BCUT2D eigenvalue weighted by Gasteiger charge is -2.10. The number of carboxylic acids is 2. The number of rotatable bonds is 6. The van der Waals surface area contributed by atoms with E-state index in [4.69, 9.17) is 33.0 Å². The summed E-state index contributed by atoms with van der Waals surface area (Å²) in [5.74, 6) is -1.80. The first kappa shape index (κ1) is 20.8. The maximum atomic E-state index is 12.2. The molecular weight excluding hydrogens is 441 g/mol. The number of fused-ring (bicyclic) bond motifs is 1. The molecule has 156 valence electrons. The summed E-state index contributed by atoms with van der Waals surface area (Å²) in [6.45, 7) is 0.276. The Kier molecular flexibility index (Phi) is 5.59. The van der Waals surface area contributed by atoms with Gasteiger partial charge < -0.3 is 19.5 Å². The van der Waals surface area contributed by atoms with Crippen molar-refractivity contribution in [3.8, 4) is 11.5 Å². The first-order chi connectivity index (χ1) is 14.8. The number of ether oxygens (including phenoxy) is 1. The van der Waals surface area contributed by atoms with Gasteiger partial charge in [0.25, 0.3) is 0 Å². The van der Waals surface area contributed by atoms with Crippen molar-refractivity contribution in [2.45, 2.75) is 6.54 Å². The third kappa shape index (κ3) is 4.21. The number of aromatic nitrogens is 1. The molecule has 2 N–H and O–H groups in total. The molecule has 1 aromatic heterocycles. The van der Waals surface area contributed by atoms with Crippen LogP contribution in [0.2, 0.25) is 10.0 Å². The number of halogens is 2. The molecule has 31 heavy (non-hydrogen) atoms. The van der Waals surface area contributed by atoms with E-state index in [1.165, 1.54) is 24.3 Å². The van der Waals surface area contributed by atoms with E-state index in [0.717, 1.165) is 5.56 Å². The van der Waals surface area contributed by atoms with Crippen molar-refractivity contribution in [3.05, 3.63) is 93.6 Å². The number of carbonyl (C=O) groups is 2. The van der Waals surface area contributed by atoms with Crippen molar-refractivity contribution in [2.24, 2.45) is 0 Å². The molecule has 0 amide bonds. The second kappa shape index (κ2) is 8.34. The van der Waals surface area contributed by atoms with Gasteiger partial charge in [-0.25, -0.2) is 9.59 Å². The number of hydrogen-bond acceptors (Lipinski definition) is 3. The van der Waals surface area contributed by atoms with Gasteiger partial charge in [0.05, 0.1) is 11.1 Å². The summed E-state index contributed by atoms with van der Waals surface area (Å²) in [4.78, 5) is 23.3. The van der Waals surface area contributed by atoms with Gasteiger partial charge in [-0.15, -0.1) is 0 Å². The quantitative estimate of drug-likeness (QED) is 0.362. The molecular formula is C23H15Cl2NO5. The van der Waals surface area contributed by atoms with Crippen LogP contribution in [0.15, 0.2) is 66.7 Å². The Morgan fingerprint density at radius 2 is 1.48 bits per heavy atom. The highest BCUT2D eigenvalue weighted by Crippen LogP contribution is 2.38. The summed E-state index contributed by atoms with van der Waals surface area (Å²) < 4.78 is 7.57. The van der Waals surface area contributed by atoms with Crippen LogP contribution in [0.3, 0.4) is 0 Å². The fraction of sp³-hybridized carbons (Fsp3) is 0.0435. The minimum Gasteiger partial charge on any atom is -0.478 e. The van der Waals surface area contributed by atoms with E-state index in [9.17, 15) is 14.7 Å². The van der Waals surface area contributed by atoms with Crippen LogP contribution in [0.4, 0.5) is 0 Å². The highest BCUT2D eigenvalue weighted by molar-refractivity contribution is 6.31. The van der Waals surface area contributed by atoms with Crippen LogP contribution in [0.1, 0.15) is 26.4 Å². The van der Waals surface area contributed by atoms with Crippen molar-refractivity contribution in [1.82, 2.24) is 4.57 Å². The SMILES string of the molecule is O=C(O)c1ccc(Oc2c(C(=O)O)n(Cc3ccc(Cl)cc3)c3ccc(Cl)cc23)cc1. The molecule has 6 nitrogen and oxygen atoms in total. The largest absolute Gasteiger partial charge is 0.478 e. The number of benzene rings is 3. The highest BCUT2D eigenvalue weighted by Gasteiger charge is 2.25. The zero-order valence-electron chi connectivity index (χ0n) is 15.9. The normalized spacial score (nSPS) is 10.9. The van der Waals surface area contributed by atoms with Crippen molar-refractivity contribution in [3.63, 3.8) is 0 Å².